The standard InChI is InChI=1S/C15H16BrFN2O4/c1-8-11(4-3-10(16)12(8)17)18-13-9(15(22)23-2)7-19(5-6-20)14(13)21/h3-4,18,20H,5-7H2,1-2H3. The number of aliphatic hydroxyl groups excluding tert-OH is 1. The third kappa shape index (κ3) is 3.37. The average Bonchev–Trinajstić information content (AvgIpc) is 2.84. The van der Waals surface area contributed by atoms with E-state index in [0.717, 1.165) is 0 Å². The molecule has 0 aliphatic carbocycles. The molecule has 8 heteroatoms. The third-order valence-corrected chi connectivity index (χ3v) is 4.16. The van der Waals surface area contributed by atoms with Gasteiger partial charge in [-0.1, -0.05) is 0 Å². The zero-order valence-electron chi connectivity index (χ0n) is 12.7. The molecule has 0 unspecified atom stereocenters. The Bertz CT molecular complexity index is 690. The number of carbonyl (C=O) groups excluding carboxylic acids is 2. The fraction of sp³-hybridized carbons (Fsp3) is 0.333. The van der Waals surface area contributed by atoms with Crippen molar-refractivity contribution >= 4 is 33.5 Å². The van der Waals surface area contributed by atoms with Gasteiger partial charge in [0.1, 0.15) is 11.5 Å². The van der Waals surface area contributed by atoms with Gasteiger partial charge in [-0.3, -0.25) is 4.79 Å². The van der Waals surface area contributed by atoms with E-state index in [1.807, 2.05) is 0 Å². The van der Waals surface area contributed by atoms with Crippen LogP contribution in [0.1, 0.15) is 5.56 Å². The van der Waals surface area contributed by atoms with Gasteiger partial charge >= 0.3 is 5.97 Å². The number of anilines is 1. The van der Waals surface area contributed by atoms with Gasteiger partial charge in [-0.05, 0) is 35.0 Å². The average molecular weight is 387 g/mol. The Labute approximate surface area is 141 Å². The summed E-state index contributed by atoms with van der Waals surface area (Å²) in [5.41, 5.74) is 0.870. The first-order chi connectivity index (χ1) is 10.9. The van der Waals surface area contributed by atoms with E-state index in [-0.39, 0.29) is 31.0 Å². The van der Waals surface area contributed by atoms with Crippen LogP contribution in [0.4, 0.5) is 10.1 Å². The van der Waals surface area contributed by atoms with Gasteiger partial charge in [0, 0.05) is 17.8 Å². The maximum Gasteiger partial charge on any atom is 0.337 e. The van der Waals surface area contributed by atoms with Gasteiger partial charge in [-0.2, -0.15) is 0 Å². The van der Waals surface area contributed by atoms with E-state index in [4.69, 9.17) is 9.84 Å². The number of hydrogen-bond acceptors (Lipinski definition) is 5. The summed E-state index contributed by atoms with van der Waals surface area (Å²) in [6, 6.07) is 3.11. The number of rotatable bonds is 5. The van der Waals surface area contributed by atoms with Crippen molar-refractivity contribution in [3.8, 4) is 0 Å². The van der Waals surface area contributed by atoms with Gasteiger partial charge in [-0.25, -0.2) is 9.18 Å². The van der Waals surface area contributed by atoms with Crippen LogP contribution in [0.15, 0.2) is 27.9 Å². The first-order valence-corrected chi connectivity index (χ1v) is 7.63. The van der Waals surface area contributed by atoms with Gasteiger partial charge in [0.25, 0.3) is 5.91 Å². The molecule has 1 heterocycles. The first kappa shape index (κ1) is 17.4. The maximum atomic E-state index is 14.0. The van der Waals surface area contributed by atoms with Crippen LogP contribution in [0.5, 0.6) is 0 Å². The van der Waals surface area contributed by atoms with E-state index in [9.17, 15) is 14.0 Å². The molecule has 0 bridgehead atoms. The highest BCUT2D eigenvalue weighted by Crippen LogP contribution is 2.28. The number of halogens is 2. The van der Waals surface area contributed by atoms with Crippen molar-refractivity contribution in [1.29, 1.82) is 0 Å². The number of esters is 1. The molecule has 1 aromatic rings. The number of β-amino-alcohol motifs (C(OH)–C–C–N with tert-alkyl or cyclic N) is 1. The highest BCUT2D eigenvalue weighted by Gasteiger charge is 2.34. The van der Waals surface area contributed by atoms with Crippen LogP contribution >= 0.6 is 15.9 Å². The summed E-state index contributed by atoms with van der Waals surface area (Å²) in [5, 5.41) is 11.8. The predicted molar refractivity (Wildman–Crippen MR) is 85.2 cm³/mol. The second-order valence-corrected chi connectivity index (χ2v) is 5.81. The highest BCUT2D eigenvalue weighted by atomic mass is 79.9. The van der Waals surface area contributed by atoms with Crippen LogP contribution in [-0.4, -0.2) is 48.7 Å². The van der Waals surface area contributed by atoms with Crippen molar-refractivity contribution in [3.05, 3.63) is 39.3 Å². The van der Waals surface area contributed by atoms with E-state index in [2.05, 4.69) is 21.2 Å². The van der Waals surface area contributed by atoms with E-state index < -0.39 is 17.7 Å². The highest BCUT2D eigenvalue weighted by molar-refractivity contribution is 9.10. The molecule has 0 spiro atoms. The van der Waals surface area contributed by atoms with Crippen molar-refractivity contribution in [1.82, 2.24) is 4.90 Å². The molecule has 0 saturated carbocycles. The molecule has 23 heavy (non-hydrogen) atoms. The quantitative estimate of drug-likeness (QED) is 0.750. The number of methoxy groups -OCH3 is 1. The molecule has 1 aliphatic heterocycles. The Morgan fingerprint density at radius 1 is 1.52 bits per heavy atom. The monoisotopic (exact) mass is 386 g/mol. The van der Waals surface area contributed by atoms with Gasteiger partial charge in [-0.15, -0.1) is 0 Å². The fourth-order valence-electron chi connectivity index (χ4n) is 2.27. The number of benzene rings is 1. The number of nitrogens with zero attached hydrogens (tertiary/aromatic N) is 1. The number of amides is 1. The summed E-state index contributed by atoms with van der Waals surface area (Å²) in [6.45, 7) is 1.47. The van der Waals surface area contributed by atoms with Crippen molar-refractivity contribution < 1.29 is 23.8 Å². The van der Waals surface area contributed by atoms with E-state index in [1.165, 1.54) is 18.1 Å². The van der Waals surface area contributed by atoms with Crippen LogP contribution < -0.4 is 5.32 Å². The van der Waals surface area contributed by atoms with Crippen LogP contribution in [0.25, 0.3) is 0 Å². The summed E-state index contributed by atoms with van der Waals surface area (Å²) >= 11 is 3.09. The molecule has 2 N–H and O–H groups in total. The molecule has 124 valence electrons. The van der Waals surface area contributed by atoms with Gasteiger partial charge in [0.05, 0.1) is 30.3 Å². The molecule has 0 aromatic heterocycles. The molecule has 0 radical (unpaired) electrons. The summed E-state index contributed by atoms with van der Waals surface area (Å²) < 4.78 is 19.0. The molecule has 0 atom stereocenters. The second kappa shape index (κ2) is 7.10. The van der Waals surface area contributed by atoms with Crippen LogP contribution in [0.3, 0.4) is 0 Å². The second-order valence-electron chi connectivity index (χ2n) is 4.95. The SMILES string of the molecule is COC(=O)C1=C(Nc2ccc(Br)c(F)c2C)C(=O)N(CCO)C1. The lowest BCUT2D eigenvalue weighted by atomic mass is 10.1. The van der Waals surface area contributed by atoms with Crippen LogP contribution in [0, 0.1) is 12.7 Å². The molecule has 6 nitrogen and oxygen atoms in total. The number of nitrogens with one attached hydrogen (secondary N) is 1. The Morgan fingerprint density at radius 3 is 2.83 bits per heavy atom. The largest absolute Gasteiger partial charge is 0.466 e. The van der Waals surface area contributed by atoms with Crippen molar-refractivity contribution in [3.63, 3.8) is 0 Å². The molecule has 0 fully saturated rings. The molecule has 1 aromatic carbocycles. The van der Waals surface area contributed by atoms with Gasteiger partial charge < -0.3 is 20.1 Å². The minimum absolute atomic E-state index is 0.0342. The lowest BCUT2D eigenvalue weighted by Crippen LogP contribution is -2.31. The van der Waals surface area contributed by atoms with E-state index in [1.54, 1.807) is 13.0 Å². The minimum Gasteiger partial charge on any atom is -0.466 e. The van der Waals surface area contributed by atoms with Crippen molar-refractivity contribution in [2.75, 3.05) is 32.1 Å². The third-order valence-electron chi connectivity index (χ3n) is 3.55. The molecule has 0 saturated heterocycles. The molecule has 2 rings (SSSR count). The topological polar surface area (TPSA) is 78.9 Å². The Morgan fingerprint density at radius 2 is 2.22 bits per heavy atom. The fourth-order valence-corrected chi connectivity index (χ4v) is 2.70. The van der Waals surface area contributed by atoms with Gasteiger partial charge in [0.2, 0.25) is 0 Å². The van der Waals surface area contributed by atoms with Crippen molar-refractivity contribution in [2.45, 2.75) is 6.92 Å². The normalized spacial score (nSPS) is 14.5. The maximum absolute atomic E-state index is 14.0. The Hall–Kier alpha value is -1.93. The Balaban J connectivity index is 2.39. The summed E-state index contributed by atoms with van der Waals surface area (Å²) in [4.78, 5) is 25.6. The first-order valence-electron chi connectivity index (χ1n) is 6.84. The summed E-state index contributed by atoms with van der Waals surface area (Å²) in [5.74, 6) is -1.54. The number of hydrogen-bond donors (Lipinski definition) is 2. The molecule has 1 aliphatic rings. The number of carbonyl (C=O) groups is 2. The lowest BCUT2D eigenvalue weighted by Gasteiger charge is -2.15. The van der Waals surface area contributed by atoms with E-state index in [0.29, 0.717) is 15.7 Å². The predicted octanol–water partition coefficient (Wildman–Crippen LogP) is 1.57. The van der Waals surface area contributed by atoms with Gasteiger partial charge in [0.15, 0.2) is 0 Å². The minimum atomic E-state index is -0.642. The zero-order chi connectivity index (χ0) is 17.1. The van der Waals surface area contributed by atoms with Crippen LogP contribution in [0.2, 0.25) is 0 Å². The smallest absolute Gasteiger partial charge is 0.337 e. The van der Waals surface area contributed by atoms with Crippen molar-refractivity contribution in [2.24, 2.45) is 0 Å². The zero-order valence-corrected chi connectivity index (χ0v) is 14.2. The molecular weight excluding hydrogens is 371 g/mol. The summed E-state index contributed by atoms with van der Waals surface area (Å²) in [7, 11) is 1.22. The number of ether oxygens (including phenoxy) is 1. The van der Waals surface area contributed by atoms with Crippen LogP contribution in [-0.2, 0) is 14.3 Å². The molecular formula is C15H16BrFN2O4. The molecule has 1 amide bonds. The van der Waals surface area contributed by atoms with E-state index >= 15 is 0 Å². The number of aliphatic hydroxyl groups is 1. The Kier molecular flexibility index (Phi) is 5.38. The lowest BCUT2D eigenvalue weighted by molar-refractivity contribution is -0.136. The summed E-state index contributed by atoms with van der Waals surface area (Å²) in [6.07, 6.45) is 0.